The molecule has 0 N–H and O–H groups in total. The van der Waals surface area contributed by atoms with Crippen molar-refractivity contribution in [1.82, 2.24) is 0 Å². The van der Waals surface area contributed by atoms with Gasteiger partial charge in [0.2, 0.25) is 0 Å². The van der Waals surface area contributed by atoms with Gasteiger partial charge < -0.3 is 23.1 Å². The monoisotopic (exact) mass is 820 g/mol. The minimum atomic E-state index is 0.455. The number of hydrogen-bond acceptors (Lipinski definition) is 6. The van der Waals surface area contributed by atoms with E-state index in [9.17, 15) is 0 Å². The van der Waals surface area contributed by atoms with Gasteiger partial charge in [0, 0.05) is 59.2 Å². The summed E-state index contributed by atoms with van der Waals surface area (Å²) in [7, 11) is 0. The highest BCUT2D eigenvalue weighted by molar-refractivity contribution is 7.99. The minimum Gasteiger partial charge on any atom is -0.454 e. The molecule has 3 heterocycles. The van der Waals surface area contributed by atoms with Crippen molar-refractivity contribution in [2.75, 3.05) is 9.80 Å². The van der Waals surface area contributed by atoms with Crippen molar-refractivity contribution in [3.8, 4) is 0 Å². The van der Waals surface area contributed by atoms with Crippen LogP contribution in [0.4, 0.5) is 34.1 Å². The number of anilines is 6. The molecule has 6 heteroatoms. The van der Waals surface area contributed by atoms with Gasteiger partial charge in [0.15, 0.2) is 16.7 Å². The lowest BCUT2D eigenvalue weighted by atomic mass is 9.97. The topological polar surface area (TPSA) is 45.9 Å². The van der Waals surface area contributed by atoms with Gasteiger partial charge in [-0.3, -0.25) is 0 Å². The van der Waals surface area contributed by atoms with Crippen LogP contribution in [0.25, 0.3) is 76.6 Å². The molecule has 5 nitrogen and oxygen atoms in total. The molecule has 0 amide bonds. The van der Waals surface area contributed by atoms with Gasteiger partial charge in [0.1, 0.15) is 16.7 Å². The van der Waals surface area contributed by atoms with Gasteiger partial charge in [-0.25, -0.2) is 0 Å². The van der Waals surface area contributed by atoms with Crippen molar-refractivity contribution in [3.05, 3.63) is 188 Å². The number of para-hydroxylation sites is 5. The van der Waals surface area contributed by atoms with Crippen molar-refractivity contribution >= 4 is 122 Å². The molecule has 0 spiro atoms. The van der Waals surface area contributed by atoms with E-state index in [4.69, 9.17) is 13.3 Å². The second kappa shape index (κ2) is 14.4. The summed E-state index contributed by atoms with van der Waals surface area (Å²) in [6.45, 7) is 6.59. The van der Waals surface area contributed by atoms with Crippen molar-refractivity contribution < 1.29 is 13.3 Å². The molecule has 0 aliphatic heterocycles. The first kappa shape index (κ1) is 36.4. The van der Waals surface area contributed by atoms with Crippen molar-refractivity contribution in [3.63, 3.8) is 0 Å². The summed E-state index contributed by atoms with van der Waals surface area (Å²) >= 11 is 1.86. The third-order valence-electron chi connectivity index (χ3n) is 11.9. The van der Waals surface area contributed by atoms with Gasteiger partial charge in [-0.2, -0.15) is 0 Å². The first-order valence-corrected chi connectivity index (χ1v) is 22.0. The lowest BCUT2D eigenvalue weighted by Gasteiger charge is -2.31. The Balaban J connectivity index is 1.23. The molecule has 12 aromatic rings. The van der Waals surface area contributed by atoms with Crippen LogP contribution in [0.15, 0.2) is 200 Å². The SMILES string of the molecule is Cc1ccc(N(c2cccc3c2oc2ccccc23)c2c3ccccc3c(N(c3ccc(SC(C)C)cc3)c3cccc4c3oc3ccccc34)c3c2oc2ccccc23)cc1. The van der Waals surface area contributed by atoms with Crippen LogP contribution in [0.2, 0.25) is 0 Å². The predicted octanol–water partition coefficient (Wildman–Crippen LogP) is 17.3. The Labute approximate surface area is 362 Å². The van der Waals surface area contributed by atoms with E-state index in [2.05, 4.69) is 194 Å². The fourth-order valence-electron chi connectivity index (χ4n) is 9.29. The molecule has 0 unspecified atom stereocenters. The normalized spacial score (nSPS) is 12.0. The van der Waals surface area contributed by atoms with Crippen molar-refractivity contribution in [2.24, 2.45) is 0 Å². The Hall–Kier alpha value is -7.41. The molecule has 62 heavy (non-hydrogen) atoms. The zero-order valence-corrected chi connectivity index (χ0v) is 35.2. The summed E-state index contributed by atoms with van der Waals surface area (Å²) in [4.78, 5) is 5.95. The number of rotatable bonds is 8. The highest BCUT2D eigenvalue weighted by Crippen LogP contribution is 2.55. The van der Waals surface area contributed by atoms with E-state index in [0.29, 0.717) is 5.25 Å². The van der Waals surface area contributed by atoms with Gasteiger partial charge in [0.25, 0.3) is 0 Å². The fourth-order valence-corrected chi connectivity index (χ4v) is 10.1. The summed E-state index contributed by atoms with van der Waals surface area (Å²) in [5, 5.41) is 8.84. The number of benzene rings is 9. The minimum absolute atomic E-state index is 0.455. The lowest BCUT2D eigenvalue weighted by Crippen LogP contribution is -2.14. The summed E-state index contributed by atoms with van der Waals surface area (Å²) in [5.41, 5.74) is 11.9. The molecule has 0 saturated heterocycles. The van der Waals surface area contributed by atoms with Crippen LogP contribution >= 0.6 is 11.8 Å². The highest BCUT2D eigenvalue weighted by Gasteiger charge is 2.31. The standard InChI is InChI=1S/C56H40N2O3S/c1-34(2)62-38-32-30-37(31-33-38)57(46-21-12-19-43-39-14-6-9-23-48(39)59-54(43)46)52-41-16-4-5-17-42(41)53(56-51(52)45-18-8-11-25-50(45)61-56)58(36-28-26-35(3)27-29-36)47-22-13-20-44-40-15-7-10-24-49(40)60-55(44)47/h4-34H,1-3H3. The van der Waals surface area contributed by atoms with E-state index in [1.165, 1.54) is 10.5 Å². The molecular weight excluding hydrogens is 781 g/mol. The van der Waals surface area contributed by atoms with Crippen LogP contribution in [-0.4, -0.2) is 5.25 Å². The van der Waals surface area contributed by atoms with E-state index in [-0.39, 0.29) is 0 Å². The smallest absolute Gasteiger partial charge is 0.162 e. The maximum Gasteiger partial charge on any atom is 0.162 e. The van der Waals surface area contributed by atoms with E-state index < -0.39 is 0 Å². The zero-order chi connectivity index (χ0) is 41.5. The van der Waals surface area contributed by atoms with E-state index >= 15 is 0 Å². The molecule has 3 aromatic heterocycles. The Morgan fingerprint density at radius 1 is 0.387 bits per heavy atom. The molecule has 0 radical (unpaired) electrons. The van der Waals surface area contributed by atoms with E-state index in [1.807, 2.05) is 30.0 Å². The van der Waals surface area contributed by atoms with Gasteiger partial charge in [-0.15, -0.1) is 11.8 Å². The maximum atomic E-state index is 7.25. The lowest BCUT2D eigenvalue weighted by molar-refractivity contribution is 0.666. The summed E-state index contributed by atoms with van der Waals surface area (Å²) in [6, 6.07) is 64.3. The number of furan rings is 3. The summed E-state index contributed by atoms with van der Waals surface area (Å²) in [6.07, 6.45) is 0. The van der Waals surface area contributed by atoms with Gasteiger partial charge in [0.05, 0.1) is 28.1 Å². The van der Waals surface area contributed by atoms with E-state index in [0.717, 1.165) is 111 Å². The number of aryl methyl sites for hydroxylation is 1. The molecule has 298 valence electrons. The molecule has 0 fully saturated rings. The third-order valence-corrected chi connectivity index (χ3v) is 13.0. The highest BCUT2D eigenvalue weighted by atomic mass is 32.2. The van der Waals surface area contributed by atoms with Crippen LogP contribution in [0.1, 0.15) is 19.4 Å². The maximum absolute atomic E-state index is 7.25. The Kier molecular flexibility index (Phi) is 8.44. The molecule has 0 bridgehead atoms. The Morgan fingerprint density at radius 3 is 1.35 bits per heavy atom. The molecule has 0 atom stereocenters. The van der Waals surface area contributed by atoms with Crippen LogP contribution in [0.3, 0.4) is 0 Å². The largest absolute Gasteiger partial charge is 0.454 e. The fraction of sp³-hybridized carbons (Fsp3) is 0.0714. The molecule has 0 aliphatic rings. The van der Waals surface area contributed by atoms with Gasteiger partial charge in [-0.05, 0) is 73.7 Å². The van der Waals surface area contributed by atoms with Crippen LogP contribution < -0.4 is 9.80 Å². The molecule has 0 saturated carbocycles. The number of fused-ring (bicyclic) bond motifs is 10. The first-order valence-electron chi connectivity index (χ1n) is 21.1. The predicted molar refractivity (Wildman–Crippen MR) is 261 cm³/mol. The molecular formula is C56H40N2O3S. The second-order valence-corrected chi connectivity index (χ2v) is 17.9. The van der Waals surface area contributed by atoms with Crippen LogP contribution in [0, 0.1) is 6.92 Å². The zero-order valence-electron chi connectivity index (χ0n) is 34.4. The molecule has 12 rings (SSSR count). The van der Waals surface area contributed by atoms with Gasteiger partial charge >= 0.3 is 0 Å². The van der Waals surface area contributed by atoms with E-state index in [1.54, 1.807) is 0 Å². The number of nitrogens with zero attached hydrogens (tertiary/aromatic N) is 2. The van der Waals surface area contributed by atoms with Crippen molar-refractivity contribution in [1.29, 1.82) is 0 Å². The average Bonchev–Trinajstić information content (AvgIpc) is 4.00. The third kappa shape index (κ3) is 5.71. The Bertz CT molecular complexity index is 3670. The van der Waals surface area contributed by atoms with Crippen LogP contribution in [0.5, 0.6) is 0 Å². The molecule has 9 aromatic carbocycles. The van der Waals surface area contributed by atoms with Crippen LogP contribution in [-0.2, 0) is 0 Å². The number of hydrogen-bond donors (Lipinski definition) is 0. The average molecular weight is 821 g/mol. The quantitative estimate of drug-likeness (QED) is 0.112. The second-order valence-electron chi connectivity index (χ2n) is 16.2. The Morgan fingerprint density at radius 2 is 0.806 bits per heavy atom. The van der Waals surface area contributed by atoms with Crippen molar-refractivity contribution in [2.45, 2.75) is 30.9 Å². The summed E-state index contributed by atoms with van der Waals surface area (Å²) in [5.74, 6) is 0. The molecule has 0 aliphatic carbocycles. The number of thioether (sulfide) groups is 1. The van der Waals surface area contributed by atoms with Gasteiger partial charge in [-0.1, -0.05) is 135 Å². The summed E-state index contributed by atoms with van der Waals surface area (Å²) < 4.78 is 20.9. The first-order chi connectivity index (χ1) is 30.5.